The van der Waals surface area contributed by atoms with Gasteiger partial charge in [-0.15, -0.1) is 11.3 Å². The van der Waals surface area contributed by atoms with Crippen LogP contribution in [0.2, 0.25) is 0 Å². The van der Waals surface area contributed by atoms with Gasteiger partial charge in [-0.3, -0.25) is 0 Å². The van der Waals surface area contributed by atoms with Crippen LogP contribution < -0.4 is 0 Å². The summed E-state index contributed by atoms with van der Waals surface area (Å²) in [6, 6.07) is 8.67. The molecule has 0 atom stereocenters. The molecule has 0 nitrogen and oxygen atoms in total. The lowest BCUT2D eigenvalue weighted by Gasteiger charge is -1.92. The fourth-order valence-electron chi connectivity index (χ4n) is 1.42. The molecule has 75 valence electrons. The van der Waals surface area contributed by atoms with Crippen molar-refractivity contribution in [3.8, 4) is 0 Å². The first-order chi connectivity index (χ1) is 7.40. The third-order valence-electron chi connectivity index (χ3n) is 2.18. The van der Waals surface area contributed by atoms with Gasteiger partial charge in [0, 0.05) is 4.70 Å². The number of thiophene rings is 1. The Morgan fingerprint density at radius 1 is 1.20 bits per heavy atom. The molecule has 0 fully saturated rings. The van der Waals surface area contributed by atoms with Gasteiger partial charge < -0.3 is 0 Å². The first-order valence-corrected chi connectivity index (χ1v) is 5.88. The summed E-state index contributed by atoms with van der Waals surface area (Å²) in [6.45, 7) is 3.75. The van der Waals surface area contributed by atoms with Gasteiger partial charge in [-0.05, 0) is 41.8 Å². The topological polar surface area (TPSA) is 0 Å². The minimum Gasteiger partial charge on any atom is -0.144 e. The predicted octanol–water partition coefficient (Wildman–Crippen LogP) is 4.69. The minimum atomic E-state index is 0.842. The van der Waals surface area contributed by atoms with Gasteiger partial charge in [-0.25, -0.2) is 0 Å². The Morgan fingerprint density at radius 2 is 2.13 bits per heavy atom. The molecule has 2 rings (SSSR count). The van der Waals surface area contributed by atoms with E-state index in [2.05, 4.69) is 48.7 Å². The van der Waals surface area contributed by atoms with Crippen molar-refractivity contribution < 1.29 is 0 Å². The van der Waals surface area contributed by atoms with Gasteiger partial charge in [0.1, 0.15) is 0 Å². The standard InChI is InChI=1S/C14H13S/c1-2-3-4-5-6-12-7-8-13-9-10-15-14(13)11-12/h3-11H,1-2H2. The van der Waals surface area contributed by atoms with Crippen LogP contribution >= 0.6 is 11.3 Å². The third-order valence-corrected chi connectivity index (χ3v) is 3.06. The quantitative estimate of drug-likeness (QED) is 0.648. The number of rotatable bonds is 3. The fraction of sp³-hybridized carbons (Fsp3) is 0.0714. The summed E-state index contributed by atoms with van der Waals surface area (Å²) in [4.78, 5) is 0. The predicted molar refractivity (Wildman–Crippen MR) is 70.0 cm³/mol. The lowest BCUT2D eigenvalue weighted by Crippen LogP contribution is -1.69. The molecule has 0 spiro atoms. The van der Waals surface area contributed by atoms with E-state index in [1.165, 1.54) is 15.6 Å². The summed E-state index contributed by atoms with van der Waals surface area (Å²) in [5, 5.41) is 3.45. The summed E-state index contributed by atoms with van der Waals surface area (Å²) < 4.78 is 1.35. The molecule has 1 aromatic heterocycles. The first-order valence-electron chi connectivity index (χ1n) is 5.00. The van der Waals surface area contributed by atoms with E-state index in [1.54, 1.807) is 11.3 Å². The molecule has 0 N–H and O–H groups in total. The van der Waals surface area contributed by atoms with Crippen molar-refractivity contribution >= 4 is 27.5 Å². The van der Waals surface area contributed by atoms with E-state index in [0.29, 0.717) is 0 Å². The lowest BCUT2D eigenvalue weighted by molar-refractivity contribution is 1.40. The monoisotopic (exact) mass is 213 g/mol. The van der Waals surface area contributed by atoms with Crippen LogP contribution in [0.5, 0.6) is 0 Å². The Morgan fingerprint density at radius 3 is 3.00 bits per heavy atom. The Balaban J connectivity index is 2.21. The maximum absolute atomic E-state index is 3.75. The van der Waals surface area contributed by atoms with Crippen molar-refractivity contribution in [2.45, 2.75) is 6.42 Å². The molecule has 1 radical (unpaired) electrons. The lowest BCUT2D eigenvalue weighted by atomic mass is 10.1. The SMILES string of the molecule is [CH2]CC=CC=Cc1ccc2ccsc2c1. The number of hydrogen-bond donors (Lipinski definition) is 0. The van der Waals surface area contributed by atoms with Gasteiger partial charge in [-0.2, -0.15) is 0 Å². The molecule has 0 saturated heterocycles. The van der Waals surface area contributed by atoms with Gasteiger partial charge in [0.15, 0.2) is 0 Å². The van der Waals surface area contributed by atoms with Gasteiger partial charge >= 0.3 is 0 Å². The van der Waals surface area contributed by atoms with E-state index >= 15 is 0 Å². The molecular formula is C14H13S. The van der Waals surface area contributed by atoms with Gasteiger partial charge in [-0.1, -0.05) is 36.4 Å². The van der Waals surface area contributed by atoms with Crippen LogP contribution in [0.3, 0.4) is 0 Å². The van der Waals surface area contributed by atoms with Crippen LogP contribution in [0.15, 0.2) is 47.9 Å². The Kier molecular flexibility index (Phi) is 3.36. The van der Waals surface area contributed by atoms with Crippen molar-refractivity contribution in [2.24, 2.45) is 0 Å². The highest BCUT2D eigenvalue weighted by molar-refractivity contribution is 7.17. The second kappa shape index (κ2) is 4.94. The normalized spacial score (nSPS) is 12.1. The molecule has 2 aromatic rings. The molecule has 0 saturated carbocycles. The van der Waals surface area contributed by atoms with Gasteiger partial charge in [0.2, 0.25) is 0 Å². The molecule has 1 heteroatoms. The third kappa shape index (κ3) is 2.57. The van der Waals surface area contributed by atoms with Crippen LogP contribution in [0, 0.1) is 6.92 Å². The number of hydrogen-bond acceptors (Lipinski definition) is 1. The summed E-state index contributed by atoms with van der Waals surface area (Å²) in [5.74, 6) is 0. The highest BCUT2D eigenvalue weighted by Gasteiger charge is 1.93. The number of benzene rings is 1. The smallest absolute Gasteiger partial charge is 0.0348 e. The maximum Gasteiger partial charge on any atom is 0.0348 e. The van der Waals surface area contributed by atoms with Crippen LogP contribution in [0.25, 0.3) is 16.2 Å². The summed E-state index contributed by atoms with van der Waals surface area (Å²) in [7, 11) is 0. The second-order valence-corrected chi connectivity index (χ2v) is 4.24. The number of fused-ring (bicyclic) bond motifs is 1. The van der Waals surface area contributed by atoms with E-state index in [1.807, 2.05) is 12.2 Å². The van der Waals surface area contributed by atoms with Gasteiger partial charge in [0.25, 0.3) is 0 Å². The zero-order valence-corrected chi connectivity index (χ0v) is 9.34. The summed E-state index contributed by atoms with van der Waals surface area (Å²) in [6.07, 6.45) is 9.09. The summed E-state index contributed by atoms with van der Waals surface area (Å²) >= 11 is 1.78. The second-order valence-electron chi connectivity index (χ2n) is 3.29. The van der Waals surface area contributed by atoms with Crippen LogP contribution in [0.4, 0.5) is 0 Å². The molecule has 0 aliphatic heterocycles. The minimum absolute atomic E-state index is 0.842. The fourth-order valence-corrected chi connectivity index (χ4v) is 2.25. The van der Waals surface area contributed by atoms with E-state index in [9.17, 15) is 0 Å². The molecule has 15 heavy (non-hydrogen) atoms. The maximum atomic E-state index is 3.75. The molecule has 1 aromatic carbocycles. The van der Waals surface area contributed by atoms with Crippen molar-refractivity contribution in [3.63, 3.8) is 0 Å². The zero-order valence-electron chi connectivity index (χ0n) is 8.52. The molecule has 1 heterocycles. The Bertz CT molecular complexity index is 489. The van der Waals surface area contributed by atoms with Crippen LogP contribution in [-0.4, -0.2) is 0 Å². The molecule has 0 bridgehead atoms. The molecular weight excluding hydrogens is 200 g/mol. The Labute approximate surface area is 94.6 Å². The average Bonchev–Trinajstić information content (AvgIpc) is 2.71. The highest BCUT2D eigenvalue weighted by atomic mass is 32.1. The number of allylic oxidation sites excluding steroid dienone is 3. The van der Waals surface area contributed by atoms with E-state index in [-0.39, 0.29) is 0 Å². The van der Waals surface area contributed by atoms with E-state index in [4.69, 9.17) is 0 Å². The zero-order chi connectivity index (χ0) is 10.5. The molecule has 0 aliphatic rings. The molecule has 0 aliphatic carbocycles. The van der Waals surface area contributed by atoms with Crippen LogP contribution in [0.1, 0.15) is 12.0 Å². The highest BCUT2D eigenvalue weighted by Crippen LogP contribution is 2.22. The van der Waals surface area contributed by atoms with Crippen molar-refractivity contribution in [1.29, 1.82) is 0 Å². The van der Waals surface area contributed by atoms with Gasteiger partial charge in [0.05, 0.1) is 0 Å². The molecule has 0 amide bonds. The van der Waals surface area contributed by atoms with Crippen LogP contribution in [-0.2, 0) is 0 Å². The first kappa shape index (κ1) is 10.2. The largest absolute Gasteiger partial charge is 0.144 e. The van der Waals surface area contributed by atoms with E-state index in [0.717, 1.165) is 6.42 Å². The van der Waals surface area contributed by atoms with Crippen molar-refractivity contribution in [2.75, 3.05) is 0 Å². The van der Waals surface area contributed by atoms with E-state index < -0.39 is 0 Å². The van der Waals surface area contributed by atoms with Crippen molar-refractivity contribution in [3.05, 3.63) is 60.4 Å². The Hall–Kier alpha value is -1.34. The summed E-state index contributed by atoms with van der Waals surface area (Å²) in [5.41, 5.74) is 1.25. The average molecular weight is 213 g/mol. The van der Waals surface area contributed by atoms with Crippen molar-refractivity contribution in [1.82, 2.24) is 0 Å². The molecule has 0 unspecified atom stereocenters.